The first-order valence-electron chi connectivity index (χ1n) is 9.47. The Hall–Kier alpha value is -1.89. The zero-order valence-corrected chi connectivity index (χ0v) is 16.9. The highest BCUT2D eigenvalue weighted by Crippen LogP contribution is 2.46. The summed E-state index contributed by atoms with van der Waals surface area (Å²) >= 11 is 0. The monoisotopic (exact) mass is 352 g/mol. The van der Waals surface area contributed by atoms with E-state index in [-0.39, 0.29) is 24.0 Å². The van der Waals surface area contributed by atoms with Gasteiger partial charge in [-0.3, -0.25) is 4.79 Å². The quantitative estimate of drug-likeness (QED) is 0.521. The fourth-order valence-corrected chi connectivity index (χ4v) is 3.60. The minimum atomic E-state index is 0. The predicted molar refractivity (Wildman–Crippen MR) is 114 cm³/mol. The summed E-state index contributed by atoms with van der Waals surface area (Å²) in [7, 11) is 0. The smallest absolute Gasteiger partial charge is 0.193 e. The number of aryl methyl sites for hydroxylation is 1. The van der Waals surface area contributed by atoms with Crippen molar-refractivity contribution in [3.63, 3.8) is 0 Å². The molecule has 142 valence electrons. The molecule has 3 rings (SSSR count). The molecule has 0 spiro atoms. The van der Waals surface area contributed by atoms with Crippen LogP contribution in [0.2, 0.25) is 0 Å². The Labute approximate surface area is 160 Å². The van der Waals surface area contributed by atoms with E-state index in [1.165, 1.54) is 23.1 Å². The third-order valence-corrected chi connectivity index (χ3v) is 5.43. The van der Waals surface area contributed by atoms with Crippen LogP contribution in [0, 0.1) is 6.92 Å². The van der Waals surface area contributed by atoms with Gasteiger partial charge < -0.3 is 0 Å². The van der Waals surface area contributed by atoms with Gasteiger partial charge in [-0.2, -0.15) is 0 Å². The first kappa shape index (κ1) is 22.2. The van der Waals surface area contributed by atoms with Gasteiger partial charge in [0, 0.05) is 11.1 Å². The molecule has 0 N–H and O–H groups in total. The molecule has 0 amide bonds. The van der Waals surface area contributed by atoms with Crippen molar-refractivity contribution in [3.05, 3.63) is 70.3 Å². The highest BCUT2D eigenvalue weighted by atomic mass is 16.1. The van der Waals surface area contributed by atoms with Crippen LogP contribution in [0.5, 0.6) is 0 Å². The molecule has 0 fully saturated rings. The molecular formula is C25H36O. The molecule has 1 aliphatic carbocycles. The minimum absolute atomic E-state index is 0. The van der Waals surface area contributed by atoms with Crippen LogP contribution in [0.1, 0.15) is 94.4 Å². The Kier molecular flexibility index (Phi) is 6.99. The van der Waals surface area contributed by atoms with Gasteiger partial charge in [0.05, 0.1) is 0 Å². The third kappa shape index (κ3) is 4.26. The summed E-state index contributed by atoms with van der Waals surface area (Å²) < 4.78 is 0. The molecule has 0 bridgehead atoms. The Bertz CT molecular complexity index is 748. The molecule has 0 aliphatic heterocycles. The molecule has 0 heterocycles. The minimum Gasteiger partial charge on any atom is -0.289 e. The lowest BCUT2D eigenvalue weighted by molar-refractivity contribution is 0.103. The van der Waals surface area contributed by atoms with Crippen LogP contribution in [-0.2, 0) is 10.8 Å². The van der Waals surface area contributed by atoms with Gasteiger partial charge in [-0.25, -0.2) is 0 Å². The topological polar surface area (TPSA) is 17.1 Å². The maximum atomic E-state index is 12.8. The van der Waals surface area contributed by atoms with Crippen molar-refractivity contribution in [2.45, 2.75) is 79.6 Å². The number of hydrogen-bond acceptors (Lipinski definition) is 1. The number of rotatable bonds is 2. The van der Waals surface area contributed by atoms with E-state index < -0.39 is 0 Å². The zero-order chi connectivity index (χ0) is 18.8. The van der Waals surface area contributed by atoms with Gasteiger partial charge in [0.15, 0.2) is 5.78 Å². The summed E-state index contributed by atoms with van der Waals surface area (Å²) in [5, 5.41) is 0. The molecule has 2 aromatic rings. The van der Waals surface area contributed by atoms with Crippen LogP contribution < -0.4 is 0 Å². The maximum absolute atomic E-state index is 12.8. The second kappa shape index (κ2) is 8.20. The maximum Gasteiger partial charge on any atom is 0.193 e. The third-order valence-electron chi connectivity index (χ3n) is 5.43. The Morgan fingerprint density at radius 3 is 1.77 bits per heavy atom. The van der Waals surface area contributed by atoms with E-state index in [9.17, 15) is 4.79 Å². The lowest BCUT2D eigenvalue weighted by Crippen LogP contribution is -2.34. The zero-order valence-electron chi connectivity index (χ0n) is 16.9. The van der Waals surface area contributed by atoms with E-state index in [1.54, 1.807) is 0 Å². The predicted octanol–water partition coefficient (Wildman–Crippen LogP) is 7.24. The average Bonchev–Trinajstić information content (AvgIpc) is 2.61. The van der Waals surface area contributed by atoms with Crippen molar-refractivity contribution in [1.82, 2.24) is 0 Å². The van der Waals surface area contributed by atoms with Crippen LogP contribution in [0.3, 0.4) is 0 Å². The number of carbonyl (C=O) groups excluding carboxylic acids is 1. The molecule has 26 heavy (non-hydrogen) atoms. The van der Waals surface area contributed by atoms with Gasteiger partial charge in [0.1, 0.15) is 0 Å². The van der Waals surface area contributed by atoms with Crippen molar-refractivity contribution in [2.75, 3.05) is 0 Å². The molecular weight excluding hydrogens is 316 g/mol. The molecule has 0 saturated heterocycles. The van der Waals surface area contributed by atoms with Gasteiger partial charge in [0.2, 0.25) is 0 Å². The van der Waals surface area contributed by atoms with E-state index in [0.717, 1.165) is 17.5 Å². The number of carbonyl (C=O) groups is 1. The van der Waals surface area contributed by atoms with Crippen LogP contribution in [-0.4, -0.2) is 5.78 Å². The second-order valence-electron chi connectivity index (χ2n) is 8.22. The average molecular weight is 353 g/mol. The van der Waals surface area contributed by atoms with Crippen molar-refractivity contribution in [3.8, 4) is 0 Å². The normalized spacial score (nSPS) is 16.4. The van der Waals surface area contributed by atoms with Gasteiger partial charge in [-0.15, -0.1) is 0 Å². The summed E-state index contributed by atoms with van der Waals surface area (Å²) in [6.45, 7) is 15.2. The second-order valence-corrected chi connectivity index (χ2v) is 8.22. The lowest BCUT2D eigenvalue weighted by Gasteiger charge is -2.42. The number of benzene rings is 2. The van der Waals surface area contributed by atoms with E-state index in [1.807, 2.05) is 51.1 Å². The van der Waals surface area contributed by atoms with Gasteiger partial charge in [-0.1, -0.05) is 90.9 Å². The summed E-state index contributed by atoms with van der Waals surface area (Å²) in [5.74, 6) is 0.118. The highest BCUT2D eigenvalue weighted by Gasteiger charge is 2.37. The molecule has 1 nitrogen and oxygen atoms in total. The van der Waals surface area contributed by atoms with Crippen molar-refractivity contribution < 1.29 is 4.79 Å². The molecule has 0 unspecified atom stereocenters. The number of ketones is 1. The fourth-order valence-electron chi connectivity index (χ4n) is 3.60. The molecule has 0 saturated carbocycles. The largest absolute Gasteiger partial charge is 0.289 e. The van der Waals surface area contributed by atoms with Crippen LogP contribution in [0.4, 0.5) is 0 Å². The molecule has 1 heteroatoms. The molecule has 1 aliphatic rings. The molecule has 0 radical (unpaired) electrons. The van der Waals surface area contributed by atoms with Gasteiger partial charge in [0.25, 0.3) is 0 Å². The number of hydrogen-bond donors (Lipinski definition) is 0. The Morgan fingerprint density at radius 1 is 0.769 bits per heavy atom. The molecule has 0 atom stereocenters. The summed E-state index contributed by atoms with van der Waals surface area (Å²) in [6, 6.07) is 14.2. The first-order valence-corrected chi connectivity index (χ1v) is 9.47. The lowest BCUT2D eigenvalue weighted by atomic mass is 9.63. The Balaban J connectivity index is 0.00000109. The van der Waals surface area contributed by atoms with Crippen LogP contribution in [0.25, 0.3) is 0 Å². The molecule has 0 aromatic heterocycles. The summed E-state index contributed by atoms with van der Waals surface area (Å²) in [4.78, 5) is 12.8. The Morgan fingerprint density at radius 2 is 1.23 bits per heavy atom. The van der Waals surface area contributed by atoms with Crippen molar-refractivity contribution in [2.24, 2.45) is 0 Å². The van der Waals surface area contributed by atoms with E-state index in [4.69, 9.17) is 0 Å². The van der Waals surface area contributed by atoms with Crippen molar-refractivity contribution >= 4 is 5.78 Å². The number of fused-ring (bicyclic) bond motifs is 1. The van der Waals surface area contributed by atoms with E-state index in [0.29, 0.717) is 0 Å². The van der Waals surface area contributed by atoms with Gasteiger partial charge in [-0.05, 0) is 47.8 Å². The summed E-state index contributed by atoms with van der Waals surface area (Å²) in [5.41, 5.74) is 5.81. The van der Waals surface area contributed by atoms with E-state index >= 15 is 0 Å². The van der Waals surface area contributed by atoms with E-state index in [2.05, 4.69) is 39.8 Å². The highest BCUT2D eigenvalue weighted by molar-refractivity contribution is 6.09. The van der Waals surface area contributed by atoms with Crippen molar-refractivity contribution in [1.29, 1.82) is 0 Å². The van der Waals surface area contributed by atoms with Crippen LogP contribution in [0.15, 0.2) is 42.5 Å². The van der Waals surface area contributed by atoms with Gasteiger partial charge >= 0.3 is 0 Å². The fraction of sp³-hybridized carbons (Fsp3) is 0.480. The summed E-state index contributed by atoms with van der Waals surface area (Å²) in [6.07, 6.45) is 2.35. The standard InChI is InChI=1S/C22H26O.C2H6.CH4/c1-15-6-8-16(9-7-15)20(23)17-10-11-18-19(14-17)22(4,5)13-12-21(18,2)3;1-2;/h6-11,14H,12-13H2,1-5H3;1-2H3;1H4. The first-order chi connectivity index (χ1) is 11.7. The SMILES string of the molecule is C.CC.Cc1ccc(C(=O)c2ccc3c(c2)C(C)(C)CCC3(C)C)cc1. The molecule has 2 aromatic carbocycles. The van der Waals surface area contributed by atoms with Crippen LogP contribution >= 0.6 is 0 Å².